The number of hydrogen-bond acceptors (Lipinski definition) is 3. The second kappa shape index (κ2) is 4.96. The van der Waals surface area contributed by atoms with Crippen molar-refractivity contribution in [2.75, 3.05) is 13.6 Å². The predicted octanol–water partition coefficient (Wildman–Crippen LogP) is 2.18. The molecule has 0 aliphatic carbocycles. The largest absolute Gasteiger partial charge is 0.371 e. The van der Waals surface area contributed by atoms with E-state index in [-0.39, 0.29) is 5.60 Å². The molecule has 0 spiro atoms. The molecule has 2 unspecified atom stereocenters. The van der Waals surface area contributed by atoms with Gasteiger partial charge in [0, 0.05) is 12.6 Å². The zero-order chi connectivity index (χ0) is 11.5. The van der Waals surface area contributed by atoms with Crippen molar-refractivity contribution >= 4 is 0 Å². The van der Waals surface area contributed by atoms with Gasteiger partial charge in [0.15, 0.2) is 0 Å². The standard InChI is InChI=1S/C12H22N2O/c1-10(6-8-13)14(4)9-11-5-7-12(2,3)15-11/h10-11H,5-7,9H2,1-4H3. The van der Waals surface area contributed by atoms with Crippen LogP contribution in [-0.2, 0) is 4.74 Å². The van der Waals surface area contributed by atoms with Crippen LogP contribution in [0.1, 0.15) is 40.0 Å². The van der Waals surface area contributed by atoms with Gasteiger partial charge in [0.2, 0.25) is 0 Å². The molecule has 0 bridgehead atoms. The summed E-state index contributed by atoms with van der Waals surface area (Å²) in [4.78, 5) is 2.22. The Kier molecular flexibility index (Phi) is 4.12. The van der Waals surface area contributed by atoms with Crippen molar-refractivity contribution in [3.05, 3.63) is 0 Å². The smallest absolute Gasteiger partial charge is 0.0710 e. The fraction of sp³-hybridized carbons (Fsp3) is 0.917. The maximum atomic E-state index is 8.62. The average molecular weight is 210 g/mol. The van der Waals surface area contributed by atoms with E-state index < -0.39 is 0 Å². The van der Waals surface area contributed by atoms with Gasteiger partial charge in [-0.3, -0.25) is 0 Å². The van der Waals surface area contributed by atoms with Crippen LogP contribution in [0.5, 0.6) is 0 Å². The fourth-order valence-corrected chi connectivity index (χ4v) is 2.00. The Morgan fingerprint density at radius 3 is 2.73 bits per heavy atom. The number of hydrogen-bond donors (Lipinski definition) is 0. The molecule has 0 amide bonds. The van der Waals surface area contributed by atoms with Crippen LogP contribution in [-0.4, -0.2) is 36.2 Å². The summed E-state index contributed by atoms with van der Waals surface area (Å²) in [7, 11) is 2.07. The first-order chi connectivity index (χ1) is 6.94. The lowest BCUT2D eigenvalue weighted by Crippen LogP contribution is -2.36. The summed E-state index contributed by atoms with van der Waals surface area (Å²) in [5, 5.41) is 8.62. The minimum absolute atomic E-state index is 0.0456. The van der Waals surface area contributed by atoms with Crippen molar-refractivity contribution in [1.29, 1.82) is 5.26 Å². The van der Waals surface area contributed by atoms with E-state index in [1.165, 1.54) is 0 Å². The monoisotopic (exact) mass is 210 g/mol. The molecule has 1 aliphatic heterocycles. The fourth-order valence-electron chi connectivity index (χ4n) is 2.00. The van der Waals surface area contributed by atoms with E-state index in [0.29, 0.717) is 18.6 Å². The summed E-state index contributed by atoms with van der Waals surface area (Å²) >= 11 is 0. The van der Waals surface area contributed by atoms with Crippen LogP contribution >= 0.6 is 0 Å². The minimum Gasteiger partial charge on any atom is -0.371 e. The molecule has 1 fully saturated rings. The topological polar surface area (TPSA) is 36.3 Å². The second-order valence-corrected chi connectivity index (χ2v) is 5.19. The average Bonchev–Trinajstić information content (AvgIpc) is 2.46. The molecule has 1 aliphatic rings. The maximum Gasteiger partial charge on any atom is 0.0710 e. The molecule has 1 rings (SSSR count). The van der Waals surface area contributed by atoms with E-state index in [4.69, 9.17) is 10.00 Å². The molecule has 0 N–H and O–H groups in total. The van der Waals surface area contributed by atoms with Gasteiger partial charge in [-0.15, -0.1) is 0 Å². The summed E-state index contributed by atoms with van der Waals surface area (Å²) in [6.45, 7) is 7.31. The number of nitrogens with zero attached hydrogens (tertiary/aromatic N) is 2. The highest BCUT2D eigenvalue weighted by Gasteiger charge is 2.32. The number of ether oxygens (including phenoxy) is 1. The highest BCUT2D eigenvalue weighted by atomic mass is 16.5. The first kappa shape index (κ1) is 12.5. The highest BCUT2D eigenvalue weighted by molar-refractivity contribution is 4.84. The van der Waals surface area contributed by atoms with Gasteiger partial charge in [0.05, 0.1) is 24.2 Å². The third kappa shape index (κ3) is 3.81. The van der Waals surface area contributed by atoms with E-state index >= 15 is 0 Å². The first-order valence-corrected chi connectivity index (χ1v) is 5.69. The molecule has 3 heteroatoms. The van der Waals surface area contributed by atoms with Gasteiger partial charge in [-0.2, -0.15) is 5.26 Å². The van der Waals surface area contributed by atoms with Crippen LogP contribution in [0.25, 0.3) is 0 Å². The third-order valence-corrected chi connectivity index (χ3v) is 3.18. The summed E-state index contributed by atoms with van der Waals surface area (Å²) in [5.74, 6) is 0. The van der Waals surface area contributed by atoms with E-state index in [0.717, 1.165) is 19.4 Å². The predicted molar refractivity (Wildman–Crippen MR) is 60.5 cm³/mol. The van der Waals surface area contributed by atoms with Gasteiger partial charge >= 0.3 is 0 Å². The zero-order valence-electron chi connectivity index (χ0n) is 10.3. The lowest BCUT2D eigenvalue weighted by Gasteiger charge is -2.27. The number of rotatable bonds is 4. The number of likely N-dealkylation sites (N-methyl/N-ethyl adjacent to an activating group) is 1. The van der Waals surface area contributed by atoms with Crippen molar-refractivity contribution in [3.63, 3.8) is 0 Å². The van der Waals surface area contributed by atoms with Crippen LogP contribution < -0.4 is 0 Å². The molecule has 0 aromatic heterocycles. The highest BCUT2D eigenvalue weighted by Crippen LogP contribution is 2.29. The molecular formula is C12H22N2O. The first-order valence-electron chi connectivity index (χ1n) is 5.69. The summed E-state index contributed by atoms with van der Waals surface area (Å²) < 4.78 is 5.92. The van der Waals surface area contributed by atoms with Gasteiger partial charge in [-0.1, -0.05) is 0 Å². The Hall–Kier alpha value is -0.590. The van der Waals surface area contributed by atoms with Gasteiger partial charge < -0.3 is 9.64 Å². The summed E-state index contributed by atoms with van der Waals surface area (Å²) in [5.41, 5.74) is 0.0456. The van der Waals surface area contributed by atoms with Gasteiger partial charge in [0.25, 0.3) is 0 Å². The third-order valence-electron chi connectivity index (χ3n) is 3.18. The second-order valence-electron chi connectivity index (χ2n) is 5.19. The SMILES string of the molecule is CC(CC#N)N(C)CC1CCC(C)(C)O1. The molecule has 1 saturated heterocycles. The van der Waals surface area contributed by atoms with E-state index in [1.54, 1.807) is 0 Å². The quantitative estimate of drug-likeness (QED) is 0.713. The number of nitriles is 1. The Bertz CT molecular complexity index is 244. The molecule has 3 nitrogen and oxygen atoms in total. The molecule has 0 saturated carbocycles. The normalized spacial score (nSPS) is 26.5. The van der Waals surface area contributed by atoms with Crippen LogP contribution in [0.2, 0.25) is 0 Å². The molecule has 0 radical (unpaired) electrons. The molecule has 1 heterocycles. The lowest BCUT2D eigenvalue weighted by molar-refractivity contribution is -0.0292. The summed E-state index contributed by atoms with van der Waals surface area (Å²) in [6, 6.07) is 2.53. The van der Waals surface area contributed by atoms with E-state index in [1.807, 2.05) is 0 Å². The van der Waals surface area contributed by atoms with Crippen LogP contribution in [0.4, 0.5) is 0 Å². The van der Waals surface area contributed by atoms with Crippen LogP contribution in [0.3, 0.4) is 0 Å². The Labute approximate surface area is 93.0 Å². The van der Waals surface area contributed by atoms with Crippen molar-refractivity contribution in [2.24, 2.45) is 0 Å². The van der Waals surface area contributed by atoms with Crippen molar-refractivity contribution in [3.8, 4) is 6.07 Å². The van der Waals surface area contributed by atoms with Crippen LogP contribution in [0.15, 0.2) is 0 Å². The molecule has 86 valence electrons. The van der Waals surface area contributed by atoms with Crippen LogP contribution in [0, 0.1) is 11.3 Å². The van der Waals surface area contributed by atoms with E-state index in [2.05, 4.69) is 38.8 Å². The van der Waals surface area contributed by atoms with Gasteiger partial charge in [0.1, 0.15) is 0 Å². The van der Waals surface area contributed by atoms with Crippen molar-refractivity contribution in [1.82, 2.24) is 4.90 Å². The summed E-state index contributed by atoms with van der Waals surface area (Å²) in [6.07, 6.45) is 3.20. The Morgan fingerprint density at radius 1 is 1.60 bits per heavy atom. The van der Waals surface area contributed by atoms with Crippen molar-refractivity contribution in [2.45, 2.75) is 57.8 Å². The van der Waals surface area contributed by atoms with Gasteiger partial charge in [-0.05, 0) is 40.7 Å². The molecule has 15 heavy (non-hydrogen) atoms. The molecule has 2 atom stereocenters. The Morgan fingerprint density at radius 2 is 2.27 bits per heavy atom. The Balaban J connectivity index is 2.34. The minimum atomic E-state index is 0.0456. The molecule has 0 aromatic carbocycles. The van der Waals surface area contributed by atoms with Crippen molar-refractivity contribution < 1.29 is 4.74 Å². The van der Waals surface area contributed by atoms with Gasteiger partial charge in [-0.25, -0.2) is 0 Å². The van der Waals surface area contributed by atoms with E-state index in [9.17, 15) is 0 Å². The maximum absolute atomic E-state index is 8.62. The molecular weight excluding hydrogens is 188 g/mol. The molecule has 0 aromatic rings. The zero-order valence-corrected chi connectivity index (χ0v) is 10.3. The lowest BCUT2D eigenvalue weighted by atomic mass is 10.1.